The Labute approximate surface area is 181 Å². The molecule has 1 unspecified atom stereocenters. The van der Waals surface area contributed by atoms with Gasteiger partial charge in [0, 0.05) is 24.5 Å². The topological polar surface area (TPSA) is 53.6 Å². The number of hydrogen-bond acceptors (Lipinski definition) is 4. The molecule has 1 saturated heterocycles. The fourth-order valence-corrected chi connectivity index (χ4v) is 3.71. The number of nitrogens with zero attached hydrogens (tertiary/aromatic N) is 1. The Bertz CT molecular complexity index is 972. The molecule has 0 saturated carbocycles. The summed E-state index contributed by atoms with van der Waals surface area (Å²) in [6.45, 7) is 3.35. The lowest BCUT2D eigenvalue weighted by Gasteiger charge is -2.28. The van der Waals surface area contributed by atoms with Crippen LogP contribution in [0.15, 0.2) is 78.9 Å². The molecule has 1 atom stereocenters. The third kappa shape index (κ3) is 5.69. The molecule has 31 heavy (non-hydrogen) atoms. The molecule has 0 spiro atoms. The minimum Gasteiger partial charge on any atom is -0.378 e. The van der Waals surface area contributed by atoms with Crippen LogP contribution in [0.25, 0.3) is 0 Å². The molecular formula is C25H26FN3O2. The summed E-state index contributed by atoms with van der Waals surface area (Å²) in [6.07, 6.45) is 0. The third-order valence-corrected chi connectivity index (χ3v) is 5.33. The van der Waals surface area contributed by atoms with Gasteiger partial charge in [-0.25, -0.2) is 4.39 Å². The van der Waals surface area contributed by atoms with Crippen molar-refractivity contribution in [3.05, 3.63) is 95.8 Å². The number of ether oxygens (including phenoxy) is 1. The van der Waals surface area contributed by atoms with Crippen molar-refractivity contribution in [3.8, 4) is 0 Å². The predicted octanol–water partition coefficient (Wildman–Crippen LogP) is 3.98. The van der Waals surface area contributed by atoms with Gasteiger partial charge < -0.3 is 15.0 Å². The van der Waals surface area contributed by atoms with Gasteiger partial charge in [-0.1, -0.05) is 42.5 Å². The molecule has 3 aromatic carbocycles. The van der Waals surface area contributed by atoms with Crippen LogP contribution in [0.4, 0.5) is 15.8 Å². The highest BCUT2D eigenvalue weighted by molar-refractivity contribution is 5.92. The van der Waals surface area contributed by atoms with E-state index in [-0.39, 0.29) is 24.3 Å². The van der Waals surface area contributed by atoms with Gasteiger partial charge >= 0.3 is 0 Å². The molecule has 3 aromatic rings. The van der Waals surface area contributed by atoms with E-state index < -0.39 is 0 Å². The van der Waals surface area contributed by atoms with Crippen LogP contribution in [0.3, 0.4) is 0 Å². The largest absolute Gasteiger partial charge is 0.378 e. The van der Waals surface area contributed by atoms with Crippen LogP contribution in [0, 0.1) is 5.82 Å². The molecule has 2 N–H and O–H groups in total. The van der Waals surface area contributed by atoms with E-state index in [0.717, 1.165) is 48.8 Å². The summed E-state index contributed by atoms with van der Waals surface area (Å²) < 4.78 is 18.8. The quantitative estimate of drug-likeness (QED) is 0.608. The minimum absolute atomic E-state index is 0.127. The number of halogens is 1. The van der Waals surface area contributed by atoms with E-state index in [2.05, 4.69) is 15.5 Å². The molecule has 1 aliphatic heterocycles. The Hall–Kier alpha value is -3.22. The molecular weight excluding hydrogens is 393 g/mol. The summed E-state index contributed by atoms with van der Waals surface area (Å²) in [5.41, 5.74) is 3.79. The van der Waals surface area contributed by atoms with Crippen LogP contribution in [0.5, 0.6) is 0 Å². The maximum atomic E-state index is 13.4. The molecule has 1 heterocycles. The zero-order valence-corrected chi connectivity index (χ0v) is 17.3. The standard InChI is InChI=1S/C25H26FN3O2/c26-21-8-6-20(7-9-21)25(19-4-2-1-3-5-19)27-18-24(30)28-22-10-12-23(13-11-22)29-14-16-31-17-15-29/h1-13,25,27H,14-18H2,(H,28,30). The fourth-order valence-electron chi connectivity index (χ4n) is 3.71. The zero-order chi connectivity index (χ0) is 21.5. The summed E-state index contributed by atoms with van der Waals surface area (Å²) in [5, 5.41) is 6.23. The van der Waals surface area contributed by atoms with Crippen molar-refractivity contribution < 1.29 is 13.9 Å². The molecule has 1 aliphatic rings. The van der Waals surface area contributed by atoms with Crippen LogP contribution in [0.2, 0.25) is 0 Å². The van der Waals surface area contributed by atoms with E-state index in [9.17, 15) is 9.18 Å². The van der Waals surface area contributed by atoms with E-state index in [1.807, 2.05) is 54.6 Å². The maximum Gasteiger partial charge on any atom is 0.238 e. The maximum absolute atomic E-state index is 13.4. The van der Waals surface area contributed by atoms with Crippen LogP contribution in [-0.4, -0.2) is 38.8 Å². The van der Waals surface area contributed by atoms with Crippen LogP contribution in [-0.2, 0) is 9.53 Å². The van der Waals surface area contributed by atoms with Crippen molar-refractivity contribution in [2.75, 3.05) is 43.1 Å². The van der Waals surface area contributed by atoms with Gasteiger partial charge in [-0.3, -0.25) is 10.1 Å². The summed E-state index contributed by atoms with van der Waals surface area (Å²) in [5.74, 6) is -0.420. The second-order valence-electron chi connectivity index (χ2n) is 7.47. The van der Waals surface area contributed by atoms with Gasteiger partial charge in [0.1, 0.15) is 5.82 Å². The van der Waals surface area contributed by atoms with E-state index in [1.165, 1.54) is 12.1 Å². The van der Waals surface area contributed by atoms with Crippen molar-refractivity contribution in [1.29, 1.82) is 0 Å². The first kappa shape index (κ1) is 21.0. The van der Waals surface area contributed by atoms with Gasteiger partial charge in [0.2, 0.25) is 5.91 Å². The Morgan fingerprint density at radius 2 is 1.55 bits per heavy atom. The Morgan fingerprint density at radius 1 is 0.903 bits per heavy atom. The second-order valence-corrected chi connectivity index (χ2v) is 7.47. The summed E-state index contributed by atoms with van der Waals surface area (Å²) in [7, 11) is 0. The second kappa shape index (κ2) is 10.2. The first-order valence-electron chi connectivity index (χ1n) is 10.5. The van der Waals surface area contributed by atoms with Crippen molar-refractivity contribution in [1.82, 2.24) is 5.32 Å². The van der Waals surface area contributed by atoms with Crippen LogP contribution in [0.1, 0.15) is 17.2 Å². The molecule has 0 radical (unpaired) electrons. The molecule has 0 aliphatic carbocycles. The van der Waals surface area contributed by atoms with E-state index in [0.29, 0.717) is 0 Å². The van der Waals surface area contributed by atoms with Crippen molar-refractivity contribution in [3.63, 3.8) is 0 Å². The van der Waals surface area contributed by atoms with E-state index >= 15 is 0 Å². The number of nitrogens with one attached hydrogen (secondary N) is 2. The fraction of sp³-hybridized carbons (Fsp3) is 0.240. The Kier molecular flexibility index (Phi) is 6.92. The average Bonchev–Trinajstić information content (AvgIpc) is 2.82. The lowest BCUT2D eigenvalue weighted by atomic mass is 9.98. The SMILES string of the molecule is O=C(CNC(c1ccccc1)c1ccc(F)cc1)Nc1ccc(N2CCOCC2)cc1. The number of rotatable bonds is 7. The molecule has 1 fully saturated rings. The van der Waals surface area contributed by atoms with Crippen molar-refractivity contribution >= 4 is 17.3 Å². The smallest absolute Gasteiger partial charge is 0.238 e. The van der Waals surface area contributed by atoms with Crippen LogP contribution < -0.4 is 15.5 Å². The summed E-state index contributed by atoms with van der Waals surface area (Å²) >= 11 is 0. The minimum atomic E-state index is -0.283. The average molecular weight is 420 g/mol. The van der Waals surface area contributed by atoms with Gasteiger partial charge in [-0.05, 0) is 47.5 Å². The zero-order valence-electron chi connectivity index (χ0n) is 17.3. The van der Waals surface area contributed by atoms with Crippen molar-refractivity contribution in [2.45, 2.75) is 6.04 Å². The Balaban J connectivity index is 1.38. The lowest BCUT2D eigenvalue weighted by Crippen LogP contribution is -2.36. The van der Waals surface area contributed by atoms with Gasteiger partial charge in [0.15, 0.2) is 0 Å². The van der Waals surface area contributed by atoms with Gasteiger partial charge in [-0.2, -0.15) is 0 Å². The highest BCUT2D eigenvalue weighted by atomic mass is 19.1. The van der Waals surface area contributed by atoms with Gasteiger partial charge in [0.05, 0.1) is 25.8 Å². The first-order chi connectivity index (χ1) is 15.2. The highest BCUT2D eigenvalue weighted by Gasteiger charge is 2.16. The van der Waals surface area contributed by atoms with Crippen LogP contribution >= 0.6 is 0 Å². The summed E-state index contributed by atoms with van der Waals surface area (Å²) in [4.78, 5) is 14.8. The third-order valence-electron chi connectivity index (χ3n) is 5.33. The van der Waals surface area contributed by atoms with E-state index in [1.54, 1.807) is 12.1 Å². The number of anilines is 2. The molecule has 4 rings (SSSR count). The Morgan fingerprint density at radius 3 is 2.23 bits per heavy atom. The molecule has 5 nitrogen and oxygen atoms in total. The summed E-state index contributed by atoms with van der Waals surface area (Å²) in [6, 6.07) is 23.8. The number of benzene rings is 3. The number of amides is 1. The predicted molar refractivity (Wildman–Crippen MR) is 121 cm³/mol. The number of carbonyl (C=O) groups is 1. The number of carbonyl (C=O) groups excluding carboxylic acids is 1. The molecule has 160 valence electrons. The molecule has 1 amide bonds. The molecule has 0 aromatic heterocycles. The monoisotopic (exact) mass is 419 g/mol. The van der Waals surface area contributed by atoms with Gasteiger partial charge in [-0.15, -0.1) is 0 Å². The molecule has 6 heteroatoms. The van der Waals surface area contributed by atoms with E-state index in [4.69, 9.17) is 4.74 Å². The van der Waals surface area contributed by atoms with Gasteiger partial charge in [0.25, 0.3) is 0 Å². The van der Waals surface area contributed by atoms with Crippen molar-refractivity contribution in [2.24, 2.45) is 0 Å². The number of morpholine rings is 1. The molecule has 0 bridgehead atoms. The normalized spacial score (nSPS) is 14.8. The lowest BCUT2D eigenvalue weighted by molar-refractivity contribution is -0.115. The first-order valence-corrected chi connectivity index (χ1v) is 10.5. The number of hydrogen-bond donors (Lipinski definition) is 2. The highest BCUT2D eigenvalue weighted by Crippen LogP contribution is 2.22.